The van der Waals surface area contributed by atoms with E-state index in [-0.39, 0.29) is 0 Å². The number of nitrogens with zero attached hydrogens (tertiary/aromatic N) is 2. The molecule has 0 unspecified atom stereocenters. The molecule has 1 aromatic heterocycles. The van der Waals surface area contributed by atoms with Gasteiger partial charge in [0.25, 0.3) is 0 Å². The Morgan fingerprint density at radius 1 is 1.33 bits per heavy atom. The summed E-state index contributed by atoms with van der Waals surface area (Å²) in [4.78, 5) is 4.40. The van der Waals surface area contributed by atoms with Crippen molar-refractivity contribution in [1.82, 2.24) is 9.55 Å². The van der Waals surface area contributed by atoms with Crippen LogP contribution in [0.25, 0.3) is 11.3 Å². The van der Waals surface area contributed by atoms with Gasteiger partial charge in [0.05, 0.1) is 5.69 Å². The van der Waals surface area contributed by atoms with Gasteiger partial charge < -0.3 is 9.88 Å². The van der Waals surface area contributed by atoms with Crippen LogP contribution in [0.2, 0.25) is 0 Å². The summed E-state index contributed by atoms with van der Waals surface area (Å²) in [6.07, 6.45) is 1.02. The third-order valence-corrected chi connectivity index (χ3v) is 3.25. The van der Waals surface area contributed by atoms with E-state index in [1.807, 2.05) is 11.5 Å². The first-order valence-electron chi connectivity index (χ1n) is 5.93. The van der Waals surface area contributed by atoms with Crippen LogP contribution in [0.3, 0.4) is 0 Å². The zero-order valence-corrected chi connectivity index (χ0v) is 10.0. The van der Waals surface area contributed by atoms with Gasteiger partial charge in [-0.3, -0.25) is 0 Å². The van der Waals surface area contributed by atoms with Crippen molar-refractivity contribution < 1.29 is 8.78 Å². The summed E-state index contributed by atoms with van der Waals surface area (Å²) in [7, 11) is 0. The Balaban J connectivity index is 2.14. The average Bonchev–Trinajstić information content (AvgIpc) is 2.68. The third kappa shape index (κ3) is 1.66. The molecule has 3 rings (SSSR count). The third-order valence-electron chi connectivity index (χ3n) is 3.25. The molecule has 1 aliphatic heterocycles. The highest BCUT2D eigenvalue weighted by atomic mass is 19.1. The highest BCUT2D eigenvalue weighted by molar-refractivity contribution is 5.65. The maximum atomic E-state index is 13.8. The highest BCUT2D eigenvalue weighted by Crippen LogP contribution is 2.29. The number of hydrogen-bond acceptors (Lipinski definition) is 2. The Kier molecular flexibility index (Phi) is 2.54. The quantitative estimate of drug-likeness (QED) is 0.842. The fourth-order valence-electron chi connectivity index (χ4n) is 2.32. The molecule has 1 N–H and O–H groups in total. The normalized spacial score (nSPS) is 14.2. The van der Waals surface area contributed by atoms with Gasteiger partial charge in [0.1, 0.15) is 11.6 Å². The van der Waals surface area contributed by atoms with Crippen molar-refractivity contribution in [3.63, 3.8) is 0 Å². The van der Waals surface area contributed by atoms with Gasteiger partial charge >= 0.3 is 0 Å². The lowest BCUT2D eigenvalue weighted by molar-refractivity contribution is 0.585. The zero-order valence-electron chi connectivity index (χ0n) is 10.0. The summed E-state index contributed by atoms with van der Waals surface area (Å²) in [6, 6.07) is 3.58. The Bertz CT molecular complexity index is 605. The van der Waals surface area contributed by atoms with Crippen LogP contribution in [-0.2, 0) is 6.54 Å². The maximum absolute atomic E-state index is 13.8. The zero-order chi connectivity index (χ0) is 12.7. The second-order valence-electron chi connectivity index (χ2n) is 4.43. The molecule has 5 heteroatoms. The number of anilines is 1. The minimum atomic E-state index is -0.575. The van der Waals surface area contributed by atoms with E-state index >= 15 is 0 Å². The summed E-state index contributed by atoms with van der Waals surface area (Å²) in [6.45, 7) is 3.66. The molecule has 1 aromatic carbocycles. The minimum Gasteiger partial charge on any atom is -0.356 e. The molecule has 3 nitrogen and oxygen atoms in total. The van der Waals surface area contributed by atoms with Crippen LogP contribution in [0.1, 0.15) is 12.1 Å². The van der Waals surface area contributed by atoms with Crippen LogP contribution < -0.4 is 5.32 Å². The first kappa shape index (κ1) is 11.2. The number of fused-ring (bicyclic) bond motifs is 1. The first-order chi connectivity index (χ1) is 8.66. The summed E-state index contributed by atoms with van der Waals surface area (Å²) in [5, 5.41) is 3.18. The van der Waals surface area contributed by atoms with E-state index in [4.69, 9.17) is 0 Å². The van der Waals surface area contributed by atoms with E-state index in [1.165, 1.54) is 12.1 Å². The fraction of sp³-hybridized carbons (Fsp3) is 0.308. The molecular formula is C13H13F2N3. The molecule has 2 heterocycles. The Labute approximate surface area is 103 Å². The van der Waals surface area contributed by atoms with E-state index in [1.54, 1.807) is 0 Å². The van der Waals surface area contributed by atoms with Gasteiger partial charge in [0.15, 0.2) is 0 Å². The number of benzene rings is 1. The lowest BCUT2D eigenvalue weighted by Gasteiger charge is -2.16. The van der Waals surface area contributed by atoms with Crippen molar-refractivity contribution in [1.29, 1.82) is 0 Å². The summed E-state index contributed by atoms with van der Waals surface area (Å²) < 4.78 is 28.7. The van der Waals surface area contributed by atoms with Gasteiger partial charge in [-0.2, -0.15) is 0 Å². The molecule has 0 spiro atoms. The van der Waals surface area contributed by atoms with Crippen LogP contribution in [-0.4, -0.2) is 16.1 Å². The molecule has 1 aliphatic rings. The monoisotopic (exact) mass is 249 g/mol. The van der Waals surface area contributed by atoms with Gasteiger partial charge in [-0.05, 0) is 25.5 Å². The molecule has 0 fully saturated rings. The standard InChI is InChI=1S/C13H13F2N3/c1-8-12(10-4-3-9(14)7-11(10)15)17-13-16-5-2-6-18(8)13/h3-4,7H,2,5-6H2,1H3,(H,16,17). The number of hydrogen-bond donors (Lipinski definition) is 1. The molecule has 0 saturated carbocycles. The Hall–Kier alpha value is -1.91. The lowest BCUT2D eigenvalue weighted by Crippen LogP contribution is -2.17. The minimum absolute atomic E-state index is 0.345. The Morgan fingerprint density at radius 3 is 2.89 bits per heavy atom. The molecule has 0 aliphatic carbocycles. The van der Waals surface area contributed by atoms with Crippen molar-refractivity contribution in [2.24, 2.45) is 0 Å². The second-order valence-corrected chi connectivity index (χ2v) is 4.43. The number of halogens is 2. The van der Waals surface area contributed by atoms with Gasteiger partial charge in [-0.1, -0.05) is 0 Å². The molecule has 2 aromatic rings. The maximum Gasteiger partial charge on any atom is 0.203 e. The number of aromatic nitrogens is 2. The number of imidazole rings is 1. The first-order valence-corrected chi connectivity index (χ1v) is 5.93. The van der Waals surface area contributed by atoms with Gasteiger partial charge in [-0.15, -0.1) is 0 Å². The van der Waals surface area contributed by atoms with Crippen LogP contribution >= 0.6 is 0 Å². The van der Waals surface area contributed by atoms with E-state index in [0.717, 1.165) is 37.2 Å². The van der Waals surface area contributed by atoms with Crippen LogP contribution in [0.5, 0.6) is 0 Å². The van der Waals surface area contributed by atoms with E-state index in [2.05, 4.69) is 10.3 Å². The summed E-state index contributed by atoms with van der Waals surface area (Å²) in [5.74, 6) is -0.387. The van der Waals surface area contributed by atoms with Crippen LogP contribution in [0, 0.1) is 18.6 Å². The smallest absolute Gasteiger partial charge is 0.203 e. The largest absolute Gasteiger partial charge is 0.356 e. The Morgan fingerprint density at radius 2 is 2.17 bits per heavy atom. The van der Waals surface area contributed by atoms with E-state index < -0.39 is 11.6 Å². The average molecular weight is 249 g/mol. The van der Waals surface area contributed by atoms with Crippen molar-refractivity contribution in [2.45, 2.75) is 19.9 Å². The van der Waals surface area contributed by atoms with Crippen molar-refractivity contribution >= 4 is 5.95 Å². The van der Waals surface area contributed by atoms with Crippen LogP contribution in [0.15, 0.2) is 18.2 Å². The fourth-order valence-corrected chi connectivity index (χ4v) is 2.32. The predicted molar refractivity (Wildman–Crippen MR) is 65.4 cm³/mol. The highest BCUT2D eigenvalue weighted by Gasteiger charge is 2.19. The molecule has 0 bridgehead atoms. The number of nitrogens with one attached hydrogen (secondary N) is 1. The predicted octanol–water partition coefficient (Wildman–Crippen LogP) is 2.95. The van der Waals surface area contributed by atoms with Gasteiger partial charge in [0.2, 0.25) is 5.95 Å². The van der Waals surface area contributed by atoms with E-state index in [9.17, 15) is 8.78 Å². The molecule has 0 radical (unpaired) electrons. The van der Waals surface area contributed by atoms with Crippen molar-refractivity contribution in [2.75, 3.05) is 11.9 Å². The molecule has 0 amide bonds. The molecular weight excluding hydrogens is 236 g/mol. The molecule has 94 valence electrons. The lowest BCUT2D eigenvalue weighted by atomic mass is 10.1. The van der Waals surface area contributed by atoms with Crippen molar-refractivity contribution in [3.8, 4) is 11.3 Å². The molecule has 0 atom stereocenters. The van der Waals surface area contributed by atoms with Crippen molar-refractivity contribution in [3.05, 3.63) is 35.5 Å². The second kappa shape index (κ2) is 4.08. The molecule has 18 heavy (non-hydrogen) atoms. The SMILES string of the molecule is Cc1c(-c2ccc(F)cc2F)nc2n1CCCN2. The topological polar surface area (TPSA) is 29.9 Å². The number of rotatable bonds is 1. The van der Waals surface area contributed by atoms with Crippen LogP contribution in [0.4, 0.5) is 14.7 Å². The summed E-state index contributed by atoms with van der Waals surface area (Å²) >= 11 is 0. The van der Waals surface area contributed by atoms with Gasteiger partial charge in [0, 0.05) is 30.4 Å². The summed E-state index contributed by atoms with van der Waals surface area (Å²) in [5.41, 5.74) is 1.83. The van der Waals surface area contributed by atoms with Gasteiger partial charge in [-0.25, -0.2) is 13.8 Å². The molecule has 0 saturated heterocycles. The van der Waals surface area contributed by atoms with E-state index in [0.29, 0.717) is 11.3 Å².